The predicted molar refractivity (Wildman–Crippen MR) is 69.4 cm³/mol. The van der Waals surface area contributed by atoms with Crippen LogP contribution in [0.4, 0.5) is 0 Å². The highest BCUT2D eigenvalue weighted by Crippen LogP contribution is 2.23. The zero-order valence-electron chi connectivity index (χ0n) is 11.1. The van der Waals surface area contributed by atoms with Crippen molar-refractivity contribution in [2.24, 2.45) is 11.7 Å². The average molecular weight is 267 g/mol. The van der Waals surface area contributed by atoms with Crippen LogP contribution in [0.15, 0.2) is 10.7 Å². The maximum Gasteiger partial charge on any atom is 0.273 e. The van der Waals surface area contributed by atoms with Crippen molar-refractivity contribution in [1.82, 2.24) is 10.3 Å². The van der Waals surface area contributed by atoms with E-state index in [4.69, 9.17) is 15.3 Å². The Morgan fingerprint density at radius 3 is 2.89 bits per heavy atom. The van der Waals surface area contributed by atoms with Crippen molar-refractivity contribution in [2.45, 2.75) is 44.7 Å². The van der Waals surface area contributed by atoms with Crippen LogP contribution in [-0.4, -0.2) is 28.6 Å². The van der Waals surface area contributed by atoms with E-state index >= 15 is 0 Å². The molecule has 1 saturated carbocycles. The number of aliphatic hydroxyl groups is 1. The fourth-order valence-corrected chi connectivity index (χ4v) is 2.30. The van der Waals surface area contributed by atoms with Gasteiger partial charge in [0.05, 0.1) is 6.61 Å². The van der Waals surface area contributed by atoms with Gasteiger partial charge in [-0.2, -0.15) is 0 Å². The van der Waals surface area contributed by atoms with Gasteiger partial charge in [0.15, 0.2) is 5.69 Å². The van der Waals surface area contributed by atoms with Gasteiger partial charge in [-0.25, -0.2) is 4.98 Å². The van der Waals surface area contributed by atoms with E-state index in [1.54, 1.807) is 0 Å². The molecule has 0 radical (unpaired) electrons. The van der Waals surface area contributed by atoms with E-state index in [1.807, 2.05) is 0 Å². The van der Waals surface area contributed by atoms with Gasteiger partial charge in [-0.15, -0.1) is 0 Å². The highest BCUT2D eigenvalue weighted by Gasteiger charge is 2.22. The molecule has 1 heterocycles. The lowest BCUT2D eigenvalue weighted by atomic mass is 9.87. The van der Waals surface area contributed by atoms with E-state index < -0.39 is 6.04 Å². The Morgan fingerprint density at radius 1 is 1.58 bits per heavy atom. The van der Waals surface area contributed by atoms with Gasteiger partial charge in [-0.05, 0) is 31.6 Å². The molecule has 1 aliphatic rings. The molecule has 1 atom stereocenters. The molecule has 6 nitrogen and oxygen atoms in total. The molecule has 1 aromatic rings. The Labute approximate surface area is 112 Å². The summed E-state index contributed by atoms with van der Waals surface area (Å²) in [6.07, 6.45) is 5.59. The summed E-state index contributed by atoms with van der Waals surface area (Å²) in [4.78, 5) is 16.0. The van der Waals surface area contributed by atoms with Gasteiger partial charge in [0.1, 0.15) is 12.3 Å². The number of aromatic nitrogens is 1. The van der Waals surface area contributed by atoms with E-state index in [2.05, 4.69) is 17.2 Å². The summed E-state index contributed by atoms with van der Waals surface area (Å²) >= 11 is 0. The summed E-state index contributed by atoms with van der Waals surface area (Å²) in [5.41, 5.74) is 5.79. The smallest absolute Gasteiger partial charge is 0.273 e. The molecule has 19 heavy (non-hydrogen) atoms. The maximum atomic E-state index is 12.0. The first-order valence-corrected chi connectivity index (χ1v) is 6.73. The Kier molecular flexibility index (Phi) is 4.55. The number of carbonyl (C=O) groups excluding carboxylic acids is 1. The lowest BCUT2D eigenvalue weighted by Crippen LogP contribution is -2.37. The molecule has 2 rings (SSSR count). The number of amides is 1. The Balaban J connectivity index is 1.91. The first kappa shape index (κ1) is 14.0. The van der Waals surface area contributed by atoms with Gasteiger partial charge in [-0.1, -0.05) is 6.92 Å². The lowest BCUT2D eigenvalue weighted by Gasteiger charge is -2.26. The summed E-state index contributed by atoms with van der Waals surface area (Å²) < 4.78 is 5.09. The molecule has 106 valence electrons. The number of rotatable bonds is 4. The van der Waals surface area contributed by atoms with Gasteiger partial charge in [0, 0.05) is 6.04 Å². The van der Waals surface area contributed by atoms with Crippen LogP contribution in [0.3, 0.4) is 0 Å². The molecule has 0 saturated heterocycles. The van der Waals surface area contributed by atoms with Crippen molar-refractivity contribution >= 4 is 5.91 Å². The lowest BCUT2D eigenvalue weighted by molar-refractivity contribution is 0.0917. The highest BCUT2D eigenvalue weighted by molar-refractivity contribution is 5.92. The third-order valence-corrected chi connectivity index (χ3v) is 3.62. The van der Waals surface area contributed by atoms with Crippen molar-refractivity contribution in [1.29, 1.82) is 0 Å². The number of hydrogen-bond acceptors (Lipinski definition) is 5. The van der Waals surface area contributed by atoms with Crippen molar-refractivity contribution in [2.75, 3.05) is 6.61 Å². The molecule has 0 spiro atoms. The fraction of sp³-hybridized carbons (Fsp3) is 0.692. The summed E-state index contributed by atoms with van der Waals surface area (Å²) in [6.45, 7) is 1.97. The normalized spacial score (nSPS) is 25.0. The molecular weight excluding hydrogens is 246 g/mol. The van der Waals surface area contributed by atoms with E-state index in [-0.39, 0.29) is 30.1 Å². The molecule has 1 unspecified atom stereocenters. The average Bonchev–Trinajstić information content (AvgIpc) is 2.90. The molecule has 0 aliphatic heterocycles. The SMILES string of the molecule is CC1CCC(NC(=O)c2coc(C(N)CO)n2)CC1. The topological polar surface area (TPSA) is 101 Å². The van der Waals surface area contributed by atoms with Crippen LogP contribution in [0.2, 0.25) is 0 Å². The second kappa shape index (κ2) is 6.16. The minimum atomic E-state index is -0.683. The number of nitrogens with two attached hydrogens (primary N) is 1. The number of nitrogens with one attached hydrogen (secondary N) is 1. The Morgan fingerprint density at radius 2 is 2.26 bits per heavy atom. The second-order valence-electron chi connectivity index (χ2n) is 5.29. The van der Waals surface area contributed by atoms with E-state index in [1.165, 1.54) is 6.26 Å². The highest BCUT2D eigenvalue weighted by atomic mass is 16.3. The molecule has 1 amide bonds. The van der Waals surface area contributed by atoms with E-state index in [0.717, 1.165) is 31.6 Å². The molecular formula is C13H21N3O3. The third kappa shape index (κ3) is 3.54. The summed E-state index contributed by atoms with van der Waals surface area (Å²) in [5.74, 6) is 0.693. The van der Waals surface area contributed by atoms with Gasteiger partial charge in [0.25, 0.3) is 5.91 Å². The van der Waals surface area contributed by atoms with Gasteiger partial charge < -0.3 is 20.6 Å². The summed E-state index contributed by atoms with van der Waals surface area (Å²) in [7, 11) is 0. The molecule has 1 aromatic heterocycles. The number of oxazole rings is 1. The fourth-order valence-electron chi connectivity index (χ4n) is 2.30. The van der Waals surface area contributed by atoms with Crippen LogP contribution >= 0.6 is 0 Å². The van der Waals surface area contributed by atoms with Crippen molar-refractivity contribution in [3.8, 4) is 0 Å². The van der Waals surface area contributed by atoms with Crippen molar-refractivity contribution < 1.29 is 14.3 Å². The zero-order valence-corrected chi connectivity index (χ0v) is 11.1. The van der Waals surface area contributed by atoms with Crippen LogP contribution in [0.25, 0.3) is 0 Å². The molecule has 0 aromatic carbocycles. The molecule has 6 heteroatoms. The minimum Gasteiger partial charge on any atom is -0.446 e. The van der Waals surface area contributed by atoms with Crippen LogP contribution in [0.1, 0.15) is 55.0 Å². The predicted octanol–water partition coefficient (Wildman–Crippen LogP) is 0.975. The van der Waals surface area contributed by atoms with Crippen LogP contribution in [0, 0.1) is 5.92 Å². The van der Waals surface area contributed by atoms with E-state index in [9.17, 15) is 4.79 Å². The number of nitrogens with zero attached hydrogens (tertiary/aromatic N) is 1. The van der Waals surface area contributed by atoms with E-state index in [0.29, 0.717) is 0 Å². The Bertz CT molecular complexity index is 425. The Hall–Kier alpha value is -1.40. The van der Waals surface area contributed by atoms with Gasteiger partial charge >= 0.3 is 0 Å². The first-order valence-electron chi connectivity index (χ1n) is 6.73. The van der Waals surface area contributed by atoms with Gasteiger partial charge in [-0.3, -0.25) is 4.79 Å². The summed E-state index contributed by atoms with van der Waals surface area (Å²) in [6, 6.07) is -0.465. The molecule has 0 bridgehead atoms. The third-order valence-electron chi connectivity index (χ3n) is 3.62. The zero-order chi connectivity index (χ0) is 13.8. The van der Waals surface area contributed by atoms with Crippen molar-refractivity contribution in [3.63, 3.8) is 0 Å². The van der Waals surface area contributed by atoms with Crippen LogP contribution in [0.5, 0.6) is 0 Å². The van der Waals surface area contributed by atoms with Crippen LogP contribution in [-0.2, 0) is 0 Å². The monoisotopic (exact) mass is 267 g/mol. The number of carbonyl (C=O) groups is 1. The minimum absolute atomic E-state index is 0.185. The number of aliphatic hydroxyl groups excluding tert-OH is 1. The molecule has 1 aliphatic carbocycles. The van der Waals surface area contributed by atoms with Crippen LogP contribution < -0.4 is 11.1 Å². The molecule has 1 fully saturated rings. The van der Waals surface area contributed by atoms with Crippen molar-refractivity contribution in [3.05, 3.63) is 17.8 Å². The number of hydrogen-bond donors (Lipinski definition) is 3. The molecule has 4 N–H and O–H groups in total. The second-order valence-corrected chi connectivity index (χ2v) is 5.29. The summed E-state index contributed by atoms with van der Waals surface area (Å²) in [5, 5.41) is 11.9. The maximum absolute atomic E-state index is 12.0. The standard InChI is InChI=1S/C13H21N3O3/c1-8-2-4-9(5-3-8)15-12(18)11-7-19-13(16-11)10(14)6-17/h7-10,17H,2-6,14H2,1H3,(H,15,18). The van der Waals surface area contributed by atoms with Gasteiger partial charge in [0.2, 0.25) is 5.89 Å². The quantitative estimate of drug-likeness (QED) is 0.754. The largest absolute Gasteiger partial charge is 0.446 e. The first-order chi connectivity index (χ1) is 9.10.